The minimum Gasteiger partial charge on any atom is -0.394 e. The Balaban J connectivity index is 1.68. The lowest BCUT2D eigenvalue weighted by atomic mass is 9.92. The summed E-state index contributed by atoms with van der Waals surface area (Å²) in [4.78, 5) is 19.3. The van der Waals surface area contributed by atoms with Gasteiger partial charge in [0.05, 0.1) is 18.8 Å². The van der Waals surface area contributed by atoms with Gasteiger partial charge in [-0.2, -0.15) is 0 Å². The zero-order valence-electron chi connectivity index (χ0n) is 13.1. The van der Waals surface area contributed by atoms with Gasteiger partial charge in [-0.1, -0.05) is 24.3 Å². The molecule has 1 unspecified atom stereocenters. The van der Waals surface area contributed by atoms with E-state index in [1.165, 1.54) is 5.56 Å². The number of nitrogens with zero attached hydrogens (tertiary/aromatic N) is 3. The first kappa shape index (κ1) is 14.5. The van der Waals surface area contributed by atoms with Crippen LogP contribution in [0.2, 0.25) is 0 Å². The first-order chi connectivity index (χ1) is 11.3. The summed E-state index contributed by atoms with van der Waals surface area (Å²) >= 11 is 0. The van der Waals surface area contributed by atoms with Gasteiger partial charge in [0.1, 0.15) is 11.5 Å². The van der Waals surface area contributed by atoms with Crippen LogP contribution < -0.4 is 0 Å². The number of carbonyl (C=O) groups is 1. The monoisotopic (exact) mass is 311 g/mol. The Morgan fingerprint density at radius 1 is 1.22 bits per heavy atom. The Morgan fingerprint density at radius 2 is 2.09 bits per heavy atom. The number of hydrogen-bond donors (Lipinski definition) is 1. The first-order valence-electron chi connectivity index (χ1n) is 8.33. The molecule has 0 fully saturated rings. The first-order valence-corrected chi connectivity index (χ1v) is 8.33. The molecule has 0 bridgehead atoms. The lowest BCUT2D eigenvalue weighted by Crippen LogP contribution is -2.42. The summed E-state index contributed by atoms with van der Waals surface area (Å²) in [6, 6.07) is 7.82. The van der Waals surface area contributed by atoms with Crippen molar-refractivity contribution in [2.24, 2.45) is 0 Å². The summed E-state index contributed by atoms with van der Waals surface area (Å²) in [6.45, 7) is 1.45. The molecule has 120 valence electrons. The van der Waals surface area contributed by atoms with Gasteiger partial charge in [0.2, 0.25) is 0 Å². The SMILES string of the molecule is O=C(c1cnc2n1CCCC2)N1CCc2ccccc2C1CO. The summed E-state index contributed by atoms with van der Waals surface area (Å²) in [5.41, 5.74) is 2.96. The lowest BCUT2D eigenvalue weighted by molar-refractivity contribution is 0.0556. The van der Waals surface area contributed by atoms with Crippen LogP contribution in [0.4, 0.5) is 0 Å². The van der Waals surface area contributed by atoms with E-state index in [-0.39, 0.29) is 18.6 Å². The van der Waals surface area contributed by atoms with Gasteiger partial charge in [0, 0.05) is 19.5 Å². The van der Waals surface area contributed by atoms with Crippen LogP contribution in [0.15, 0.2) is 30.5 Å². The molecule has 1 amide bonds. The molecule has 1 aromatic heterocycles. The molecule has 0 spiro atoms. The number of aliphatic hydroxyl groups is 1. The fraction of sp³-hybridized carbons (Fsp3) is 0.444. The number of fused-ring (bicyclic) bond motifs is 2. The standard InChI is InChI=1S/C18H21N3O2/c22-12-16-14-6-2-1-5-13(14)8-10-21(16)18(23)15-11-19-17-7-3-4-9-20(15)17/h1-2,5-6,11,16,22H,3-4,7-10,12H2. The summed E-state index contributed by atoms with van der Waals surface area (Å²) in [5.74, 6) is 0.997. The molecular formula is C18H21N3O2. The number of aliphatic hydroxyl groups excluding tert-OH is 1. The number of aromatic nitrogens is 2. The van der Waals surface area contributed by atoms with Crippen molar-refractivity contribution in [1.82, 2.24) is 14.5 Å². The topological polar surface area (TPSA) is 58.4 Å². The van der Waals surface area contributed by atoms with E-state index in [4.69, 9.17) is 0 Å². The molecule has 1 atom stereocenters. The summed E-state index contributed by atoms with van der Waals surface area (Å²) in [7, 11) is 0. The molecule has 2 aliphatic heterocycles. The van der Waals surface area contributed by atoms with Gasteiger partial charge in [-0.25, -0.2) is 4.98 Å². The molecule has 1 N–H and O–H groups in total. The maximum Gasteiger partial charge on any atom is 0.272 e. The molecule has 3 heterocycles. The molecule has 5 nitrogen and oxygen atoms in total. The van der Waals surface area contributed by atoms with E-state index in [0.29, 0.717) is 12.2 Å². The summed E-state index contributed by atoms with van der Waals surface area (Å²) < 4.78 is 2.06. The van der Waals surface area contributed by atoms with Crippen molar-refractivity contribution in [2.45, 2.75) is 38.3 Å². The number of amides is 1. The second-order valence-electron chi connectivity index (χ2n) is 6.31. The third kappa shape index (κ3) is 2.36. The van der Waals surface area contributed by atoms with Crippen LogP contribution in [0, 0.1) is 0 Å². The fourth-order valence-corrected chi connectivity index (χ4v) is 3.83. The highest BCUT2D eigenvalue weighted by Gasteiger charge is 2.32. The van der Waals surface area contributed by atoms with E-state index < -0.39 is 0 Å². The summed E-state index contributed by atoms with van der Waals surface area (Å²) in [5, 5.41) is 9.88. The number of benzene rings is 1. The van der Waals surface area contributed by atoms with E-state index in [9.17, 15) is 9.90 Å². The molecule has 4 rings (SSSR count). The number of hydrogen-bond acceptors (Lipinski definition) is 3. The zero-order valence-corrected chi connectivity index (χ0v) is 13.1. The van der Waals surface area contributed by atoms with E-state index in [2.05, 4.69) is 15.6 Å². The normalized spacial score (nSPS) is 20.0. The highest BCUT2D eigenvalue weighted by atomic mass is 16.3. The van der Waals surface area contributed by atoms with Gasteiger partial charge in [-0.3, -0.25) is 4.79 Å². The van der Waals surface area contributed by atoms with Crippen LogP contribution in [0.25, 0.3) is 0 Å². The second kappa shape index (κ2) is 5.81. The summed E-state index contributed by atoms with van der Waals surface area (Å²) in [6.07, 6.45) is 5.72. The predicted molar refractivity (Wildman–Crippen MR) is 86.2 cm³/mol. The minimum atomic E-state index is -0.262. The molecule has 0 saturated heterocycles. The fourth-order valence-electron chi connectivity index (χ4n) is 3.83. The Bertz CT molecular complexity index is 738. The van der Waals surface area contributed by atoms with Gasteiger partial charge >= 0.3 is 0 Å². The van der Waals surface area contributed by atoms with E-state index in [0.717, 1.165) is 43.6 Å². The van der Waals surface area contributed by atoms with Crippen LogP contribution in [0.3, 0.4) is 0 Å². The van der Waals surface area contributed by atoms with Crippen LogP contribution in [0.5, 0.6) is 0 Å². The Hall–Kier alpha value is -2.14. The quantitative estimate of drug-likeness (QED) is 0.922. The molecule has 0 radical (unpaired) electrons. The maximum absolute atomic E-state index is 13.1. The maximum atomic E-state index is 13.1. The average Bonchev–Trinajstić information content (AvgIpc) is 3.04. The van der Waals surface area contributed by atoms with E-state index in [1.54, 1.807) is 11.1 Å². The molecule has 0 saturated carbocycles. The number of aryl methyl sites for hydroxylation is 1. The molecule has 23 heavy (non-hydrogen) atoms. The van der Waals surface area contributed by atoms with Crippen molar-refractivity contribution in [1.29, 1.82) is 0 Å². The molecular weight excluding hydrogens is 290 g/mol. The highest BCUT2D eigenvalue weighted by Crippen LogP contribution is 2.31. The lowest BCUT2D eigenvalue weighted by Gasteiger charge is -2.36. The minimum absolute atomic E-state index is 0.0146. The molecule has 1 aromatic carbocycles. The smallest absolute Gasteiger partial charge is 0.272 e. The van der Waals surface area contributed by atoms with Crippen LogP contribution in [-0.4, -0.2) is 38.6 Å². The molecule has 2 aromatic rings. The van der Waals surface area contributed by atoms with Crippen molar-refractivity contribution in [2.75, 3.05) is 13.2 Å². The van der Waals surface area contributed by atoms with Gasteiger partial charge in [0.15, 0.2) is 0 Å². The van der Waals surface area contributed by atoms with Gasteiger partial charge in [-0.05, 0) is 30.4 Å². The Morgan fingerprint density at radius 3 is 2.96 bits per heavy atom. The third-order valence-electron chi connectivity index (χ3n) is 5.04. The highest BCUT2D eigenvalue weighted by molar-refractivity contribution is 5.93. The van der Waals surface area contributed by atoms with Crippen LogP contribution >= 0.6 is 0 Å². The number of rotatable bonds is 2. The van der Waals surface area contributed by atoms with Gasteiger partial charge in [0.25, 0.3) is 5.91 Å². The number of carbonyl (C=O) groups excluding carboxylic acids is 1. The second-order valence-corrected chi connectivity index (χ2v) is 6.31. The number of imidazole rings is 1. The molecule has 2 aliphatic rings. The Labute approximate surface area is 135 Å². The van der Waals surface area contributed by atoms with Crippen molar-refractivity contribution in [3.63, 3.8) is 0 Å². The van der Waals surface area contributed by atoms with E-state index >= 15 is 0 Å². The van der Waals surface area contributed by atoms with Crippen molar-refractivity contribution < 1.29 is 9.90 Å². The van der Waals surface area contributed by atoms with Crippen molar-refractivity contribution >= 4 is 5.91 Å². The average molecular weight is 311 g/mol. The molecule has 0 aliphatic carbocycles. The molecule has 5 heteroatoms. The largest absolute Gasteiger partial charge is 0.394 e. The predicted octanol–water partition coefficient (Wildman–Crippen LogP) is 1.95. The van der Waals surface area contributed by atoms with Crippen LogP contribution in [0.1, 0.15) is 46.3 Å². The van der Waals surface area contributed by atoms with Gasteiger partial charge in [-0.15, -0.1) is 0 Å². The zero-order chi connectivity index (χ0) is 15.8. The van der Waals surface area contributed by atoms with Crippen molar-refractivity contribution in [3.05, 3.63) is 53.1 Å². The van der Waals surface area contributed by atoms with E-state index in [1.807, 2.05) is 18.2 Å². The third-order valence-corrected chi connectivity index (χ3v) is 5.04. The Kier molecular flexibility index (Phi) is 3.65. The van der Waals surface area contributed by atoms with Crippen LogP contribution in [-0.2, 0) is 19.4 Å². The van der Waals surface area contributed by atoms with Crippen molar-refractivity contribution in [3.8, 4) is 0 Å². The van der Waals surface area contributed by atoms with Gasteiger partial charge < -0.3 is 14.6 Å².